The van der Waals surface area contributed by atoms with Crippen molar-refractivity contribution in [3.8, 4) is 0 Å². The van der Waals surface area contributed by atoms with Crippen molar-refractivity contribution >= 4 is 23.1 Å². The van der Waals surface area contributed by atoms with Gasteiger partial charge in [0.25, 0.3) is 0 Å². The molecule has 1 fully saturated rings. The van der Waals surface area contributed by atoms with E-state index in [9.17, 15) is 4.79 Å². The molecule has 1 saturated carbocycles. The molecule has 0 unspecified atom stereocenters. The van der Waals surface area contributed by atoms with Gasteiger partial charge in [-0.2, -0.15) is 0 Å². The number of amides is 1. The molecule has 5 heteroatoms. The smallest absolute Gasteiger partial charge is 0.224 e. The summed E-state index contributed by atoms with van der Waals surface area (Å²) >= 11 is 4.91. The number of hydrogen-bond donors (Lipinski definition) is 2. The molecule has 0 aliphatic heterocycles. The lowest BCUT2D eigenvalue weighted by Gasteiger charge is -2.19. The molecule has 2 rings (SSSR count). The Morgan fingerprint density at radius 3 is 2.57 bits per heavy atom. The van der Waals surface area contributed by atoms with E-state index in [1.165, 1.54) is 12.8 Å². The standard InChI is InChI=1S/C16H23N3OS/c1-2-19(14-7-8-14)10-9-18-15(20)11-12-3-5-13(6-4-12)16(17)21/h3-6,14H,2,7-11H2,1H3,(H2,17,21)(H,18,20). The Balaban J connectivity index is 1.72. The van der Waals surface area contributed by atoms with Gasteiger partial charge in [0.15, 0.2) is 0 Å². The number of thiocarbonyl (C=S) groups is 1. The van der Waals surface area contributed by atoms with E-state index in [-0.39, 0.29) is 5.91 Å². The summed E-state index contributed by atoms with van der Waals surface area (Å²) in [7, 11) is 0. The van der Waals surface area contributed by atoms with E-state index in [0.717, 1.165) is 30.3 Å². The van der Waals surface area contributed by atoms with Gasteiger partial charge in [0, 0.05) is 24.7 Å². The summed E-state index contributed by atoms with van der Waals surface area (Å²) in [6.07, 6.45) is 3.00. The van der Waals surface area contributed by atoms with Gasteiger partial charge >= 0.3 is 0 Å². The Labute approximate surface area is 131 Å². The Morgan fingerprint density at radius 2 is 2.05 bits per heavy atom. The number of hydrogen-bond acceptors (Lipinski definition) is 3. The summed E-state index contributed by atoms with van der Waals surface area (Å²) in [5, 5.41) is 2.98. The Bertz CT molecular complexity index is 497. The fourth-order valence-electron chi connectivity index (χ4n) is 2.41. The van der Waals surface area contributed by atoms with Crippen molar-refractivity contribution in [2.24, 2.45) is 5.73 Å². The molecule has 0 bridgehead atoms. The molecular weight excluding hydrogens is 282 g/mol. The average Bonchev–Trinajstić information content (AvgIpc) is 3.29. The van der Waals surface area contributed by atoms with Crippen LogP contribution in [-0.4, -0.2) is 41.5 Å². The zero-order valence-electron chi connectivity index (χ0n) is 12.5. The maximum Gasteiger partial charge on any atom is 0.224 e. The van der Waals surface area contributed by atoms with E-state index in [1.807, 2.05) is 24.3 Å². The van der Waals surface area contributed by atoms with Crippen LogP contribution < -0.4 is 11.1 Å². The van der Waals surface area contributed by atoms with Crippen LogP contribution in [0.3, 0.4) is 0 Å². The zero-order chi connectivity index (χ0) is 15.2. The summed E-state index contributed by atoms with van der Waals surface area (Å²) in [5.74, 6) is 0.0601. The first-order valence-electron chi connectivity index (χ1n) is 7.49. The highest BCUT2D eigenvalue weighted by atomic mass is 32.1. The average molecular weight is 305 g/mol. The Morgan fingerprint density at radius 1 is 1.38 bits per heavy atom. The minimum atomic E-state index is 0.0601. The molecule has 0 atom stereocenters. The fourth-order valence-corrected chi connectivity index (χ4v) is 2.55. The van der Waals surface area contributed by atoms with Crippen LogP contribution in [0.5, 0.6) is 0 Å². The van der Waals surface area contributed by atoms with E-state index in [4.69, 9.17) is 18.0 Å². The number of rotatable bonds is 8. The first kappa shape index (κ1) is 15.9. The Hall–Kier alpha value is -1.46. The molecule has 3 N–H and O–H groups in total. The van der Waals surface area contributed by atoms with Gasteiger partial charge in [0.1, 0.15) is 4.99 Å². The van der Waals surface area contributed by atoms with Crippen LogP contribution in [0.25, 0.3) is 0 Å². The second-order valence-corrected chi connectivity index (χ2v) is 5.89. The van der Waals surface area contributed by atoms with Gasteiger partial charge in [-0.1, -0.05) is 43.4 Å². The molecule has 4 nitrogen and oxygen atoms in total. The van der Waals surface area contributed by atoms with Crippen LogP contribution in [-0.2, 0) is 11.2 Å². The highest BCUT2D eigenvalue weighted by Crippen LogP contribution is 2.25. The molecule has 21 heavy (non-hydrogen) atoms. The van der Waals surface area contributed by atoms with Crippen molar-refractivity contribution in [2.75, 3.05) is 19.6 Å². The molecule has 1 aliphatic rings. The van der Waals surface area contributed by atoms with Crippen molar-refractivity contribution in [2.45, 2.75) is 32.2 Å². The number of nitrogens with zero attached hydrogens (tertiary/aromatic N) is 1. The molecule has 0 saturated heterocycles. The van der Waals surface area contributed by atoms with Gasteiger partial charge in [-0.05, 0) is 24.9 Å². The van der Waals surface area contributed by atoms with Crippen molar-refractivity contribution in [1.29, 1.82) is 0 Å². The summed E-state index contributed by atoms with van der Waals surface area (Å²) in [5.41, 5.74) is 7.35. The predicted molar refractivity (Wildman–Crippen MR) is 89.3 cm³/mol. The minimum absolute atomic E-state index is 0.0601. The zero-order valence-corrected chi connectivity index (χ0v) is 13.3. The van der Waals surface area contributed by atoms with Crippen molar-refractivity contribution in [3.05, 3.63) is 35.4 Å². The first-order chi connectivity index (χ1) is 10.1. The van der Waals surface area contributed by atoms with Crippen LogP contribution in [0.1, 0.15) is 30.9 Å². The lowest BCUT2D eigenvalue weighted by atomic mass is 10.1. The molecule has 114 valence electrons. The number of carbonyl (C=O) groups is 1. The molecule has 0 heterocycles. The molecule has 1 aliphatic carbocycles. The van der Waals surface area contributed by atoms with Gasteiger partial charge in [0.05, 0.1) is 6.42 Å². The van der Waals surface area contributed by atoms with E-state index >= 15 is 0 Å². The second-order valence-electron chi connectivity index (χ2n) is 5.45. The third-order valence-corrected chi connectivity index (χ3v) is 4.03. The highest BCUT2D eigenvalue weighted by molar-refractivity contribution is 7.80. The van der Waals surface area contributed by atoms with E-state index < -0.39 is 0 Å². The predicted octanol–water partition coefficient (Wildman–Crippen LogP) is 1.46. The molecule has 1 aromatic rings. The second kappa shape index (κ2) is 7.52. The van der Waals surface area contributed by atoms with Crippen LogP contribution >= 0.6 is 12.2 Å². The monoisotopic (exact) mass is 305 g/mol. The van der Waals surface area contributed by atoms with Crippen molar-refractivity contribution in [1.82, 2.24) is 10.2 Å². The SMILES string of the molecule is CCN(CCNC(=O)Cc1ccc(C(N)=S)cc1)C1CC1. The largest absolute Gasteiger partial charge is 0.389 e. The topological polar surface area (TPSA) is 58.4 Å². The first-order valence-corrected chi connectivity index (χ1v) is 7.90. The number of likely N-dealkylation sites (N-methyl/N-ethyl adjacent to an activating group) is 1. The number of carbonyl (C=O) groups excluding carboxylic acids is 1. The van der Waals surface area contributed by atoms with Crippen molar-refractivity contribution in [3.63, 3.8) is 0 Å². The minimum Gasteiger partial charge on any atom is -0.389 e. The number of nitrogens with one attached hydrogen (secondary N) is 1. The van der Waals surface area contributed by atoms with Crippen LogP contribution in [0, 0.1) is 0 Å². The van der Waals surface area contributed by atoms with Gasteiger partial charge < -0.3 is 11.1 Å². The van der Waals surface area contributed by atoms with E-state index in [0.29, 0.717) is 18.0 Å². The van der Waals surface area contributed by atoms with Gasteiger partial charge in [-0.15, -0.1) is 0 Å². The third-order valence-electron chi connectivity index (χ3n) is 3.79. The van der Waals surface area contributed by atoms with Gasteiger partial charge in [-0.25, -0.2) is 0 Å². The Kier molecular flexibility index (Phi) is 5.70. The summed E-state index contributed by atoms with van der Waals surface area (Å²) < 4.78 is 0. The molecule has 0 radical (unpaired) electrons. The maximum absolute atomic E-state index is 11.9. The van der Waals surface area contributed by atoms with Crippen LogP contribution in [0.15, 0.2) is 24.3 Å². The normalized spacial score (nSPS) is 14.2. The summed E-state index contributed by atoms with van der Waals surface area (Å²) in [6, 6.07) is 8.26. The molecule has 1 amide bonds. The van der Waals surface area contributed by atoms with Crippen LogP contribution in [0.4, 0.5) is 0 Å². The molecule has 0 aromatic heterocycles. The quantitative estimate of drug-likeness (QED) is 0.714. The van der Waals surface area contributed by atoms with Gasteiger partial charge in [-0.3, -0.25) is 9.69 Å². The third kappa shape index (κ3) is 5.10. The van der Waals surface area contributed by atoms with Crippen LogP contribution in [0.2, 0.25) is 0 Å². The maximum atomic E-state index is 11.9. The lowest BCUT2D eigenvalue weighted by Crippen LogP contribution is -2.36. The lowest BCUT2D eigenvalue weighted by molar-refractivity contribution is -0.120. The molecule has 1 aromatic carbocycles. The van der Waals surface area contributed by atoms with E-state index in [2.05, 4.69) is 17.1 Å². The van der Waals surface area contributed by atoms with E-state index in [1.54, 1.807) is 0 Å². The number of nitrogens with two attached hydrogens (primary N) is 1. The number of benzene rings is 1. The van der Waals surface area contributed by atoms with Gasteiger partial charge in [0.2, 0.25) is 5.91 Å². The molecular formula is C16H23N3OS. The summed E-state index contributed by atoms with van der Waals surface area (Å²) in [4.78, 5) is 14.7. The fraction of sp³-hybridized carbons (Fsp3) is 0.500. The molecule has 0 spiro atoms. The van der Waals surface area contributed by atoms with Crippen molar-refractivity contribution < 1.29 is 4.79 Å². The summed E-state index contributed by atoms with van der Waals surface area (Å²) in [6.45, 7) is 4.88. The highest BCUT2D eigenvalue weighted by Gasteiger charge is 2.27.